The Morgan fingerprint density at radius 1 is 1.32 bits per heavy atom. The van der Waals surface area contributed by atoms with Gasteiger partial charge in [0.2, 0.25) is 0 Å². The molecule has 0 bridgehead atoms. The van der Waals surface area contributed by atoms with E-state index < -0.39 is 27.8 Å². The van der Waals surface area contributed by atoms with Crippen LogP contribution >= 0.6 is 12.2 Å². The van der Waals surface area contributed by atoms with E-state index in [0.717, 1.165) is 0 Å². The number of amides is 1. The summed E-state index contributed by atoms with van der Waals surface area (Å²) in [4.78, 5) is 13.2. The summed E-state index contributed by atoms with van der Waals surface area (Å²) in [6.07, 6.45) is 0. The van der Waals surface area contributed by atoms with Gasteiger partial charge in [-0.3, -0.25) is 14.2 Å². The van der Waals surface area contributed by atoms with Crippen LogP contribution in [-0.2, 0) is 14.9 Å². The molecular weight excluding hydrogens is 299 g/mol. The molecule has 1 radical (unpaired) electrons. The molecular formula is C10H10N2NaO4S2. The number of hydrogen-bond donors (Lipinski definition) is 2. The molecule has 1 amide bonds. The summed E-state index contributed by atoms with van der Waals surface area (Å²) in [5.74, 6) is -1.20. The summed E-state index contributed by atoms with van der Waals surface area (Å²) in [5, 5.41) is 2.70. The molecule has 9 heteroatoms. The Balaban J connectivity index is 0.00000180. The summed E-state index contributed by atoms with van der Waals surface area (Å²) < 4.78 is 30.3. The van der Waals surface area contributed by atoms with Gasteiger partial charge in [-0.05, 0) is 24.4 Å². The molecule has 0 saturated carbocycles. The summed E-state index contributed by atoms with van der Waals surface area (Å²) in [7, 11) is -4.24. The van der Waals surface area contributed by atoms with Crippen LogP contribution in [-0.4, -0.2) is 65.3 Å². The van der Waals surface area contributed by atoms with Crippen LogP contribution in [0, 0.1) is 0 Å². The van der Waals surface area contributed by atoms with Gasteiger partial charge in [-0.15, -0.1) is 0 Å². The first-order valence-corrected chi connectivity index (χ1v) is 7.05. The van der Waals surface area contributed by atoms with Crippen LogP contribution in [0.25, 0.3) is 0 Å². The first kappa shape index (κ1) is 16.5. The van der Waals surface area contributed by atoms with Crippen LogP contribution in [0.4, 0.5) is 5.69 Å². The molecule has 0 unspecified atom stereocenters. The van der Waals surface area contributed by atoms with Crippen LogP contribution in [0.15, 0.2) is 30.3 Å². The quantitative estimate of drug-likeness (QED) is 0.456. The first-order valence-electron chi connectivity index (χ1n) is 5.03. The molecule has 19 heavy (non-hydrogen) atoms. The molecule has 2 N–H and O–H groups in total. The zero-order valence-corrected chi connectivity index (χ0v) is 13.7. The fraction of sp³-hybridized carbons (Fsp3) is 0.200. The average molecular weight is 309 g/mol. The molecule has 1 aromatic carbocycles. The number of nitrogens with one attached hydrogen (secondary N) is 1. The fourth-order valence-electron chi connectivity index (χ4n) is 1.68. The van der Waals surface area contributed by atoms with Gasteiger partial charge in [0, 0.05) is 29.6 Å². The van der Waals surface area contributed by atoms with Crippen molar-refractivity contribution in [3.63, 3.8) is 0 Å². The number of benzene rings is 1. The number of para-hydroxylation sites is 1. The third kappa shape index (κ3) is 3.98. The predicted octanol–water partition coefficient (Wildman–Crippen LogP) is -0.217. The van der Waals surface area contributed by atoms with E-state index in [4.69, 9.17) is 16.8 Å². The molecule has 0 spiro atoms. The van der Waals surface area contributed by atoms with E-state index in [1.165, 1.54) is 4.90 Å². The van der Waals surface area contributed by atoms with Gasteiger partial charge in [-0.1, -0.05) is 18.2 Å². The van der Waals surface area contributed by atoms with E-state index >= 15 is 0 Å². The first-order chi connectivity index (χ1) is 8.38. The molecule has 2 rings (SSSR count). The Morgan fingerprint density at radius 3 is 2.42 bits per heavy atom. The number of thiocarbonyl (C=S) groups is 1. The number of carbonyl (C=O) groups excluding carboxylic acids is 1. The van der Waals surface area contributed by atoms with Gasteiger partial charge >= 0.3 is 0 Å². The van der Waals surface area contributed by atoms with Crippen molar-refractivity contribution in [3.05, 3.63) is 30.3 Å². The van der Waals surface area contributed by atoms with Crippen molar-refractivity contribution < 1.29 is 17.8 Å². The van der Waals surface area contributed by atoms with E-state index in [2.05, 4.69) is 5.32 Å². The summed E-state index contributed by atoms with van der Waals surface area (Å²) in [6, 6.07) is 7.58. The minimum Gasteiger partial charge on any atom is -0.349 e. The van der Waals surface area contributed by atoms with Gasteiger partial charge in [0.15, 0.2) is 5.11 Å². The Bertz CT molecular complexity index is 591. The molecule has 0 aliphatic carbocycles. The summed E-state index contributed by atoms with van der Waals surface area (Å²) in [5.41, 5.74) is 0.554. The van der Waals surface area contributed by atoms with Gasteiger partial charge in [-0.25, -0.2) is 0 Å². The second kappa shape index (κ2) is 6.29. The largest absolute Gasteiger partial charge is 0.349 e. The maximum absolute atomic E-state index is 12.0. The third-order valence-electron chi connectivity index (χ3n) is 2.41. The van der Waals surface area contributed by atoms with Gasteiger partial charge in [-0.2, -0.15) is 8.42 Å². The number of carbonyl (C=O) groups is 1. The van der Waals surface area contributed by atoms with E-state index in [1.807, 2.05) is 0 Å². The van der Waals surface area contributed by atoms with Crippen LogP contribution in [0.3, 0.4) is 0 Å². The van der Waals surface area contributed by atoms with E-state index in [9.17, 15) is 13.2 Å². The molecule has 1 atom stereocenters. The third-order valence-corrected chi connectivity index (χ3v) is 3.47. The van der Waals surface area contributed by atoms with E-state index in [-0.39, 0.29) is 34.7 Å². The van der Waals surface area contributed by atoms with Crippen molar-refractivity contribution in [2.75, 3.05) is 10.7 Å². The molecule has 1 aliphatic heterocycles. The Hall–Kier alpha value is -0.510. The van der Waals surface area contributed by atoms with Crippen molar-refractivity contribution in [3.8, 4) is 0 Å². The van der Waals surface area contributed by atoms with Crippen molar-refractivity contribution in [1.82, 2.24) is 5.32 Å². The minimum atomic E-state index is -4.24. The summed E-state index contributed by atoms with van der Waals surface area (Å²) >= 11 is 4.98. The van der Waals surface area contributed by atoms with Crippen LogP contribution < -0.4 is 10.2 Å². The van der Waals surface area contributed by atoms with Gasteiger partial charge in [0.1, 0.15) is 11.8 Å². The molecule has 97 valence electrons. The van der Waals surface area contributed by atoms with Gasteiger partial charge in [0.25, 0.3) is 16.0 Å². The SMILES string of the molecule is O=C1[C@H](CS(=O)(=O)O)NC(=S)N1c1ccccc1.[Na]. The molecule has 6 nitrogen and oxygen atoms in total. The van der Waals surface area contributed by atoms with Crippen molar-refractivity contribution in [2.24, 2.45) is 0 Å². The molecule has 1 aliphatic rings. The second-order valence-electron chi connectivity index (χ2n) is 3.76. The number of nitrogens with zero attached hydrogens (tertiary/aromatic N) is 1. The number of anilines is 1. The van der Waals surface area contributed by atoms with Crippen LogP contribution in [0.1, 0.15) is 0 Å². The molecule has 1 aromatic rings. The van der Waals surface area contributed by atoms with Gasteiger partial charge in [0.05, 0.1) is 5.69 Å². The Labute approximate surface area is 138 Å². The smallest absolute Gasteiger partial charge is 0.267 e. The fourth-order valence-corrected chi connectivity index (χ4v) is 2.66. The average Bonchev–Trinajstić information content (AvgIpc) is 2.53. The van der Waals surface area contributed by atoms with E-state index in [0.29, 0.717) is 5.69 Å². The molecule has 1 heterocycles. The van der Waals surface area contributed by atoms with Gasteiger partial charge < -0.3 is 5.32 Å². The monoisotopic (exact) mass is 309 g/mol. The Kier molecular flexibility index (Phi) is 5.48. The van der Waals surface area contributed by atoms with Crippen LogP contribution in [0.2, 0.25) is 0 Å². The summed E-state index contributed by atoms with van der Waals surface area (Å²) in [6.45, 7) is 0. The topological polar surface area (TPSA) is 86.7 Å². The van der Waals surface area contributed by atoms with Crippen molar-refractivity contribution in [2.45, 2.75) is 6.04 Å². The number of hydrogen-bond acceptors (Lipinski definition) is 4. The number of rotatable bonds is 3. The van der Waals surface area contributed by atoms with Crippen molar-refractivity contribution >= 4 is 68.6 Å². The predicted molar refractivity (Wildman–Crippen MR) is 75.6 cm³/mol. The minimum absolute atomic E-state index is 0. The molecule has 1 saturated heterocycles. The Morgan fingerprint density at radius 2 is 1.89 bits per heavy atom. The maximum Gasteiger partial charge on any atom is 0.267 e. The zero-order chi connectivity index (χ0) is 13.3. The molecule has 1 fully saturated rings. The van der Waals surface area contributed by atoms with Crippen LogP contribution in [0.5, 0.6) is 0 Å². The van der Waals surface area contributed by atoms with E-state index in [1.54, 1.807) is 30.3 Å². The zero-order valence-electron chi connectivity index (χ0n) is 10.1. The standard InChI is InChI=1S/C10H10N2O4S2.Na/c13-9-8(6-18(14,15)16)11-10(17)12(9)7-4-2-1-3-5-7;/h1-5,8H,6H2,(H,11,17)(H,14,15,16);/t8-;/m0./s1. The molecule has 0 aromatic heterocycles. The second-order valence-corrected chi connectivity index (χ2v) is 5.64. The maximum atomic E-state index is 12.0. The normalized spacial score (nSPS) is 19.0. The van der Waals surface area contributed by atoms with Crippen molar-refractivity contribution in [1.29, 1.82) is 0 Å².